The summed E-state index contributed by atoms with van der Waals surface area (Å²) in [4.78, 5) is 0. The largest absolute Gasteiger partial charge is 0.437 e. The van der Waals surface area contributed by atoms with Gasteiger partial charge in [0.05, 0.1) is 5.56 Å². The number of hydrogen-bond acceptors (Lipinski definition) is 3. The molecule has 4 aromatic carbocycles. The number of halogens is 3. The van der Waals surface area contributed by atoms with Gasteiger partial charge in [-0.15, -0.1) is 10.2 Å². The van der Waals surface area contributed by atoms with Crippen LogP contribution in [0.1, 0.15) is 5.56 Å². The highest BCUT2D eigenvalue weighted by Crippen LogP contribution is 2.37. The zero-order valence-corrected chi connectivity index (χ0v) is 16.1. The van der Waals surface area contributed by atoms with E-state index in [9.17, 15) is 13.2 Å². The molecule has 0 aliphatic carbocycles. The van der Waals surface area contributed by atoms with Crippen LogP contribution in [0.15, 0.2) is 91.0 Å². The van der Waals surface area contributed by atoms with Crippen molar-refractivity contribution in [3.63, 3.8) is 0 Å². The Morgan fingerprint density at radius 1 is 0.645 bits per heavy atom. The van der Waals surface area contributed by atoms with E-state index in [-0.39, 0.29) is 11.6 Å². The van der Waals surface area contributed by atoms with E-state index in [1.54, 1.807) is 0 Å². The fraction of sp³-hybridized carbons (Fsp3) is 0.0400. The summed E-state index contributed by atoms with van der Waals surface area (Å²) in [7, 11) is 0. The van der Waals surface area contributed by atoms with Crippen molar-refractivity contribution >= 4 is 21.5 Å². The van der Waals surface area contributed by atoms with Crippen molar-refractivity contribution in [2.24, 2.45) is 0 Å². The van der Waals surface area contributed by atoms with E-state index in [2.05, 4.69) is 10.2 Å². The van der Waals surface area contributed by atoms with Crippen molar-refractivity contribution in [1.29, 1.82) is 0 Å². The van der Waals surface area contributed by atoms with Gasteiger partial charge >= 0.3 is 6.18 Å². The van der Waals surface area contributed by atoms with E-state index < -0.39 is 11.7 Å². The van der Waals surface area contributed by atoms with Crippen LogP contribution < -0.4 is 4.74 Å². The molecule has 0 atom stereocenters. The van der Waals surface area contributed by atoms with Crippen LogP contribution in [-0.4, -0.2) is 10.2 Å². The predicted molar refractivity (Wildman–Crippen MR) is 114 cm³/mol. The van der Waals surface area contributed by atoms with E-state index in [4.69, 9.17) is 4.74 Å². The molecule has 0 aliphatic heterocycles. The average molecular weight is 416 g/mol. The fourth-order valence-electron chi connectivity index (χ4n) is 3.55. The minimum Gasteiger partial charge on any atom is -0.437 e. The first kappa shape index (κ1) is 19.1. The number of alkyl halides is 3. The van der Waals surface area contributed by atoms with Crippen LogP contribution in [-0.2, 0) is 6.18 Å². The van der Waals surface area contributed by atoms with Gasteiger partial charge in [-0.3, -0.25) is 0 Å². The van der Waals surface area contributed by atoms with E-state index in [1.807, 2.05) is 66.7 Å². The molecule has 0 saturated carbocycles. The van der Waals surface area contributed by atoms with Crippen LogP contribution in [0, 0.1) is 0 Å². The Morgan fingerprint density at radius 3 is 2.03 bits per heavy atom. The number of aromatic nitrogens is 2. The van der Waals surface area contributed by atoms with Gasteiger partial charge in [0.25, 0.3) is 0 Å². The number of nitrogens with zero attached hydrogens (tertiary/aromatic N) is 2. The molecule has 5 aromatic rings. The van der Waals surface area contributed by atoms with E-state index in [0.29, 0.717) is 11.1 Å². The standard InChI is InChI=1S/C25H15F3N2O/c26-25(27,28)19-11-6-12-20(15-19)31-24-22-14-18-10-5-4-9-17(18)13-21(22)23(29-30-24)16-7-2-1-3-8-16/h1-15H. The highest BCUT2D eigenvalue weighted by molar-refractivity contribution is 6.05. The molecule has 0 unspecified atom stereocenters. The van der Waals surface area contributed by atoms with E-state index in [0.717, 1.165) is 33.9 Å². The normalized spacial score (nSPS) is 11.7. The van der Waals surface area contributed by atoms with Gasteiger partial charge in [-0.2, -0.15) is 13.2 Å². The summed E-state index contributed by atoms with van der Waals surface area (Å²) in [6.45, 7) is 0. The van der Waals surface area contributed by atoms with Crippen molar-refractivity contribution in [2.75, 3.05) is 0 Å². The Hall–Kier alpha value is -3.93. The molecular formula is C25H15F3N2O. The maximum absolute atomic E-state index is 13.1. The van der Waals surface area contributed by atoms with Gasteiger partial charge < -0.3 is 4.74 Å². The van der Waals surface area contributed by atoms with Gasteiger partial charge in [0, 0.05) is 16.3 Å². The lowest BCUT2D eigenvalue weighted by Gasteiger charge is -2.13. The second kappa shape index (κ2) is 7.40. The summed E-state index contributed by atoms with van der Waals surface area (Å²) < 4.78 is 45.1. The molecule has 0 aliphatic rings. The molecule has 31 heavy (non-hydrogen) atoms. The van der Waals surface area contributed by atoms with Crippen LogP contribution in [0.4, 0.5) is 13.2 Å². The Morgan fingerprint density at radius 2 is 1.32 bits per heavy atom. The second-order valence-corrected chi connectivity index (χ2v) is 7.09. The predicted octanol–water partition coefficient (Wildman–Crippen LogP) is 7.26. The van der Waals surface area contributed by atoms with Crippen molar-refractivity contribution in [2.45, 2.75) is 6.18 Å². The van der Waals surface area contributed by atoms with Crippen LogP contribution >= 0.6 is 0 Å². The molecule has 152 valence electrons. The summed E-state index contributed by atoms with van der Waals surface area (Å²) in [6, 6.07) is 26.1. The molecule has 6 heteroatoms. The summed E-state index contributed by atoms with van der Waals surface area (Å²) in [5, 5.41) is 12.0. The van der Waals surface area contributed by atoms with Crippen LogP contribution in [0.5, 0.6) is 11.6 Å². The Bertz CT molecular complexity index is 1400. The number of ether oxygens (including phenoxy) is 1. The molecule has 1 heterocycles. The molecule has 0 radical (unpaired) electrons. The molecule has 0 fully saturated rings. The lowest BCUT2D eigenvalue weighted by atomic mass is 10.0. The number of benzene rings is 4. The number of fused-ring (bicyclic) bond motifs is 2. The molecule has 0 bridgehead atoms. The third kappa shape index (κ3) is 3.68. The van der Waals surface area contributed by atoms with Crippen molar-refractivity contribution in [3.05, 3.63) is 96.6 Å². The van der Waals surface area contributed by atoms with Crippen LogP contribution in [0.3, 0.4) is 0 Å². The third-order valence-electron chi connectivity index (χ3n) is 5.04. The molecule has 0 amide bonds. The smallest absolute Gasteiger partial charge is 0.416 e. The first-order valence-corrected chi connectivity index (χ1v) is 9.59. The van der Waals surface area contributed by atoms with Gasteiger partial charge in [-0.25, -0.2) is 0 Å². The molecule has 5 rings (SSSR count). The summed E-state index contributed by atoms with van der Waals surface area (Å²) in [6.07, 6.45) is -4.46. The van der Waals surface area contributed by atoms with Crippen molar-refractivity contribution in [1.82, 2.24) is 10.2 Å². The minimum absolute atomic E-state index is 0.0473. The Labute approximate surface area is 175 Å². The summed E-state index contributed by atoms with van der Waals surface area (Å²) >= 11 is 0. The SMILES string of the molecule is FC(F)(F)c1cccc(Oc2nnc(-c3ccccc3)c3cc4ccccc4cc23)c1. The van der Waals surface area contributed by atoms with E-state index >= 15 is 0 Å². The first-order valence-electron chi connectivity index (χ1n) is 9.59. The second-order valence-electron chi connectivity index (χ2n) is 7.09. The van der Waals surface area contributed by atoms with Crippen molar-refractivity contribution < 1.29 is 17.9 Å². The zero-order valence-electron chi connectivity index (χ0n) is 16.1. The van der Waals surface area contributed by atoms with Gasteiger partial charge in [-0.1, -0.05) is 60.7 Å². The van der Waals surface area contributed by atoms with E-state index in [1.165, 1.54) is 12.1 Å². The Kier molecular flexibility index (Phi) is 4.55. The van der Waals surface area contributed by atoms with Crippen LogP contribution in [0.2, 0.25) is 0 Å². The molecular weight excluding hydrogens is 401 g/mol. The molecule has 0 spiro atoms. The van der Waals surface area contributed by atoms with Gasteiger partial charge in [0.1, 0.15) is 11.4 Å². The number of rotatable bonds is 3. The van der Waals surface area contributed by atoms with Gasteiger partial charge in [0.15, 0.2) is 0 Å². The lowest BCUT2D eigenvalue weighted by Crippen LogP contribution is -2.04. The van der Waals surface area contributed by atoms with Gasteiger partial charge in [0.2, 0.25) is 5.88 Å². The maximum Gasteiger partial charge on any atom is 0.416 e. The third-order valence-corrected chi connectivity index (χ3v) is 5.04. The lowest BCUT2D eigenvalue weighted by molar-refractivity contribution is -0.137. The summed E-state index contributed by atoms with van der Waals surface area (Å²) in [5.74, 6) is 0.200. The highest BCUT2D eigenvalue weighted by Gasteiger charge is 2.30. The minimum atomic E-state index is -4.46. The fourth-order valence-corrected chi connectivity index (χ4v) is 3.55. The Balaban J connectivity index is 1.70. The number of hydrogen-bond donors (Lipinski definition) is 0. The summed E-state index contributed by atoms with van der Waals surface area (Å²) in [5.41, 5.74) is 0.785. The van der Waals surface area contributed by atoms with Gasteiger partial charge in [-0.05, 0) is 41.1 Å². The molecule has 0 N–H and O–H groups in total. The molecule has 1 aromatic heterocycles. The zero-order chi connectivity index (χ0) is 21.4. The maximum atomic E-state index is 13.1. The average Bonchev–Trinajstić information content (AvgIpc) is 2.78. The highest BCUT2D eigenvalue weighted by atomic mass is 19.4. The topological polar surface area (TPSA) is 35.0 Å². The quantitative estimate of drug-likeness (QED) is 0.290. The first-order chi connectivity index (χ1) is 15.0. The van der Waals surface area contributed by atoms with Crippen molar-refractivity contribution in [3.8, 4) is 22.9 Å². The van der Waals surface area contributed by atoms with Crippen LogP contribution in [0.25, 0.3) is 32.8 Å². The monoisotopic (exact) mass is 416 g/mol. The molecule has 0 saturated heterocycles. The molecule has 3 nitrogen and oxygen atoms in total.